The summed E-state index contributed by atoms with van der Waals surface area (Å²) in [5, 5.41) is 6.39. The lowest BCUT2D eigenvalue weighted by Gasteiger charge is -1.97. The summed E-state index contributed by atoms with van der Waals surface area (Å²) in [6.45, 7) is 0. The van der Waals surface area contributed by atoms with Crippen molar-refractivity contribution < 1.29 is 0 Å². The van der Waals surface area contributed by atoms with Crippen molar-refractivity contribution in [1.82, 2.24) is 14.6 Å². The van der Waals surface area contributed by atoms with Crippen LogP contribution in [0.3, 0.4) is 0 Å². The smallest absolute Gasteiger partial charge is 0.192 e. The molecule has 0 saturated heterocycles. The van der Waals surface area contributed by atoms with Crippen molar-refractivity contribution in [2.24, 2.45) is 0 Å². The van der Waals surface area contributed by atoms with Crippen molar-refractivity contribution in [2.75, 3.05) is 5.73 Å². The van der Waals surface area contributed by atoms with Gasteiger partial charge in [0.1, 0.15) is 5.82 Å². The number of hydrogen-bond donors (Lipinski definition) is 1. The molecule has 0 fully saturated rings. The molecule has 0 aliphatic rings. The predicted molar refractivity (Wildman–Crippen MR) is 76.1 cm³/mol. The van der Waals surface area contributed by atoms with Gasteiger partial charge in [-0.05, 0) is 34.1 Å². The van der Waals surface area contributed by atoms with Gasteiger partial charge in [-0.2, -0.15) is 4.52 Å². The third-order valence-corrected chi connectivity index (χ3v) is 4.36. The van der Waals surface area contributed by atoms with Gasteiger partial charge in [-0.1, -0.05) is 15.9 Å². The van der Waals surface area contributed by atoms with Crippen LogP contribution in [0.15, 0.2) is 32.5 Å². The minimum Gasteiger partial charge on any atom is -0.384 e. The van der Waals surface area contributed by atoms with Crippen LogP contribution in [0.1, 0.15) is 0 Å². The average Bonchev–Trinajstić information content (AvgIpc) is 2.83. The number of aromatic nitrogens is 3. The third kappa shape index (κ3) is 1.98. The van der Waals surface area contributed by atoms with E-state index >= 15 is 0 Å². The van der Waals surface area contributed by atoms with Crippen LogP contribution in [0.5, 0.6) is 0 Å². The van der Waals surface area contributed by atoms with E-state index in [1.54, 1.807) is 21.9 Å². The zero-order valence-corrected chi connectivity index (χ0v) is 12.4. The van der Waals surface area contributed by atoms with E-state index < -0.39 is 0 Å². The highest BCUT2D eigenvalue weighted by Crippen LogP contribution is 2.28. The van der Waals surface area contributed by atoms with E-state index in [0.717, 1.165) is 19.5 Å². The maximum atomic E-state index is 5.88. The SMILES string of the molecule is Nc1cc(Br)cc2nc(-c3cc(Br)cs3)nn12. The summed E-state index contributed by atoms with van der Waals surface area (Å²) >= 11 is 8.39. The molecular weight excluding hydrogens is 368 g/mol. The molecule has 0 spiro atoms. The first kappa shape index (κ1) is 11.2. The van der Waals surface area contributed by atoms with Crippen LogP contribution >= 0.6 is 43.2 Å². The Bertz CT molecular complexity index is 703. The standard InChI is InChI=1S/C10H6Br2N4S/c11-5-2-8(13)16-9(3-5)14-10(15-16)7-1-6(12)4-17-7/h1-4H,13H2. The summed E-state index contributed by atoms with van der Waals surface area (Å²) < 4.78 is 3.56. The zero-order chi connectivity index (χ0) is 12.0. The van der Waals surface area contributed by atoms with E-state index in [1.165, 1.54) is 0 Å². The van der Waals surface area contributed by atoms with E-state index in [-0.39, 0.29) is 0 Å². The Labute approximate surface area is 118 Å². The number of nitrogen functional groups attached to an aromatic ring is 1. The maximum absolute atomic E-state index is 5.88. The second-order valence-electron chi connectivity index (χ2n) is 3.43. The minimum absolute atomic E-state index is 0.559. The predicted octanol–water partition coefficient (Wildman–Crippen LogP) is 3.57. The first-order valence-corrected chi connectivity index (χ1v) is 7.16. The second-order valence-corrected chi connectivity index (χ2v) is 6.18. The molecule has 0 radical (unpaired) electrons. The van der Waals surface area contributed by atoms with Gasteiger partial charge in [0.15, 0.2) is 11.5 Å². The van der Waals surface area contributed by atoms with Crippen LogP contribution in [-0.2, 0) is 0 Å². The van der Waals surface area contributed by atoms with Gasteiger partial charge in [0.25, 0.3) is 0 Å². The fraction of sp³-hybridized carbons (Fsp3) is 0. The van der Waals surface area contributed by atoms with Crippen molar-refractivity contribution in [2.45, 2.75) is 0 Å². The highest BCUT2D eigenvalue weighted by Gasteiger charge is 2.10. The molecule has 0 unspecified atom stereocenters. The lowest BCUT2D eigenvalue weighted by molar-refractivity contribution is 0.978. The fourth-order valence-corrected chi connectivity index (χ4v) is 3.30. The molecule has 3 heterocycles. The van der Waals surface area contributed by atoms with Crippen LogP contribution in [0.25, 0.3) is 16.3 Å². The molecule has 7 heteroatoms. The Balaban J connectivity index is 2.23. The van der Waals surface area contributed by atoms with Crippen LogP contribution < -0.4 is 5.73 Å². The lowest BCUT2D eigenvalue weighted by Crippen LogP contribution is -1.97. The van der Waals surface area contributed by atoms with Gasteiger partial charge in [0.2, 0.25) is 0 Å². The van der Waals surface area contributed by atoms with Gasteiger partial charge in [0, 0.05) is 14.3 Å². The molecule has 0 amide bonds. The largest absolute Gasteiger partial charge is 0.384 e. The molecule has 0 atom stereocenters. The Morgan fingerprint density at radius 1 is 1.18 bits per heavy atom. The van der Waals surface area contributed by atoms with Crippen LogP contribution in [0.2, 0.25) is 0 Å². The van der Waals surface area contributed by atoms with Gasteiger partial charge in [0.05, 0.1) is 4.88 Å². The molecule has 17 heavy (non-hydrogen) atoms. The van der Waals surface area contributed by atoms with Crippen LogP contribution in [0.4, 0.5) is 5.82 Å². The van der Waals surface area contributed by atoms with Gasteiger partial charge in [-0.15, -0.1) is 16.4 Å². The summed E-state index contributed by atoms with van der Waals surface area (Å²) in [7, 11) is 0. The molecule has 0 aromatic carbocycles. The van der Waals surface area contributed by atoms with Gasteiger partial charge in [-0.3, -0.25) is 0 Å². The number of thiophene rings is 1. The molecule has 0 saturated carbocycles. The van der Waals surface area contributed by atoms with Gasteiger partial charge >= 0.3 is 0 Å². The number of anilines is 1. The average molecular weight is 374 g/mol. The quantitative estimate of drug-likeness (QED) is 0.709. The minimum atomic E-state index is 0.559. The summed E-state index contributed by atoms with van der Waals surface area (Å²) in [6, 6.07) is 5.68. The Morgan fingerprint density at radius 2 is 2.00 bits per heavy atom. The molecule has 3 aromatic rings. The Hall–Kier alpha value is -0.920. The number of halogens is 2. The monoisotopic (exact) mass is 372 g/mol. The van der Waals surface area contributed by atoms with E-state index in [2.05, 4.69) is 41.9 Å². The van der Waals surface area contributed by atoms with Crippen LogP contribution in [0, 0.1) is 0 Å². The van der Waals surface area contributed by atoms with Crippen molar-refractivity contribution in [3.05, 3.63) is 32.5 Å². The normalized spacial score (nSPS) is 11.2. The molecule has 0 aliphatic carbocycles. The summed E-state index contributed by atoms with van der Waals surface area (Å²) in [5.74, 6) is 1.24. The highest BCUT2D eigenvalue weighted by atomic mass is 79.9. The Morgan fingerprint density at radius 3 is 2.71 bits per heavy atom. The molecule has 86 valence electrons. The van der Waals surface area contributed by atoms with Crippen molar-refractivity contribution in [3.8, 4) is 10.7 Å². The number of rotatable bonds is 1. The summed E-state index contributed by atoms with van der Waals surface area (Å²) in [5.41, 5.74) is 6.61. The van der Waals surface area contributed by atoms with Gasteiger partial charge < -0.3 is 5.73 Å². The first-order valence-electron chi connectivity index (χ1n) is 4.70. The van der Waals surface area contributed by atoms with E-state index in [1.807, 2.05) is 17.5 Å². The number of hydrogen-bond acceptors (Lipinski definition) is 4. The van der Waals surface area contributed by atoms with E-state index in [4.69, 9.17) is 5.73 Å². The molecule has 2 N–H and O–H groups in total. The van der Waals surface area contributed by atoms with Gasteiger partial charge in [-0.25, -0.2) is 4.98 Å². The van der Waals surface area contributed by atoms with E-state index in [9.17, 15) is 0 Å². The summed E-state index contributed by atoms with van der Waals surface area (Å²) in [4.78, 5) is 5.46. The van der Waals surface area contributed by atoms with Crippen molar-refractivity contribution >= 4 is 54.7 Å². The molecular formula is C10H6Br2N4S. The maximum Gasteiger partial charge on any atom is 0.192 e. The molecule has 4 nitrogen and oxygen atoms in total. The number of nitrogens with two attached hydrogens (primary N) is 1. The Kier molecular flexibility index (Phi) is 2.68. The lowest BCUT2D eigenvalue weighted by atomic mass is 10.4. The number of nitrogens with zero attached hydrogens (tertiary/aromatic N) is 3. The number of pyridine rings is 1. The number of fused-ring (bicyclic) bond motifs is 1. The molecule has 0 aliphatic heterocycles. The fourth-order valence-electron chi connectivity index (χ4n) is 1.51. The van der Waals surface area contributed by atoms with Crippen molar-refractivity contribution in [3.63, 3.8) is 0 Å². The molecule has 0 bridgehead atoms. The first-order chi connectivity index (χ1) is 8.13. The van der Waals surface area contributed by atoms with Crippen molar-refractivity contribution in [1.29, 1.82) is 0 Å². The van der Waals surface area contributed by atoms with E-state index in [0.29, 0.717) is 11.6 Å². The topological polar surface area (TPSA) is 56.2 Å². The zero-order valence-electron chi connectivity index (χ0n) is 8.39. The third-order valence-electron chi connectivity index (χ3n) is 2.22. The second kappa shape index (κ2) is 4.08. The summed E-state index contributed by atoms with van der Waals surface area (Å²) in [6.07, 6.45) is 0. The molecule has 3 rings (SSSR count). The molecule has 3 aromatic heterocycles. The highest BCUT2D eigenvalue weighted by molar-refractivity contribution is 9.10. The van der Waals surface area contributed by atoms with Crippen LogP contribution in [-0.4, -0.2) is 14.6 Å².